The van der Waals surface area contributed by atoms with Gasteiger partial charge in [0.15, 0.2) is 65.2 Å². The summed E-state index contributed by atoms with van der Waals surface area (Å²) in [5.41, 5.74) is -8.88. The second kappa shape index (κ2) is 13.0. The predicted octanol–water partition coefficient (Wildman–Crippen LogP) is 2.10. The molecule has 66 heavy (non-hydrogen) atoms. The van der Waals surface area contributed by atoms with E-state index in [-0.39, 0.29) is 5.56 Å². The Morgan fingerprint density at radius 2 is 0.864 bits per heavy atom. The van der Waals surface area contributed by atoms with Crippen molar-refractivity contribution in [2.24, 2.45) is 0 Å². The lowest BCUT2D eigenvalue weighted by molar-refractivity contribution is -0.139. The van der Waals surface area contributed by atoms with Crippen LogP contribution in [0.2, 0.25) is 0 Å². The van der Waals surface area contributed by atoms with Crippen LogP contribution in [0.5, 0.6) is 74.7 Å². The summed E-state index contributed by atoms with van der Waals surface area (Å²) < 4.78 is 25.3. The van der Waals surface area contributed by atoms with E-state index in [4.69, 9.17) is 18.9 Å². The van der Waals surface area contributed by atoms with Gasteiger partial charge in [0.1, 0.15) is 68.4 Å². The molecule has 7 atom stereocenters. The van der Waals surface area contributed by atoms with Crippen molar-refractivity contribution in [3.05, 3.63) is 81.9 Å². The van der Waals surface area contributed by atoms with Gasteiger partial charge in [-0.15, -0.1) is 0 Å². The first-order chi connectivity index (χ1) is 31.2. The van der Waals surface area contributed by atoms with Crippen LogP contribution in [0.3, 0.4) is 0 Å². The van der Waals surface area contributed by atoms with Gasteiger partial charge in [0, 0.05) is 46.0 Å². The van der Waals surface area contributed by atoms with E-state index >= 15 is 0 Å². The third-order valence-corrected chi connectivity index (χ3v) is 12.7. The number of ether oxygens (including phenoxy) is 4. The van der Waals surface area contributed by atoms with E-state index in [2.05, 4.69) is 0 Å². The van der Waals surface area contributed by atoms with E-state index < -0.39 is 208 Å². The zero-order chi connectivity index (χ0) is 46.9. The number of carbonyl (C=O) groups is 5. The van der Waals surface area contributed by atoms with E-state index in [9.17, 15) is 85.3 Å². The van der Waals surface area contributed by atoms with Gasteiger partial charge in [-0.05, 0) is 30.3 Å². The van der Waals surface area contributed by atoms with Gasteiger partial charge in [0.2, 0.25) is 28.9 Å². The van der Waals surface area contributed by atoms with Gasteiger partial charge in [0.25, 0.3) is 0 Å². The van der Waals surface area contributed by atoms with Gasteiger partial charge in [-0.3, -0.25) is 24.0 Å². The summed E-state index contributed by atoms with van der Waals surface area (Å²) in [6, 6.07) is 5.25. The Hall–Kier alpha value is -8.53. The largest absolute Gasteiger partial charge is 0.507 e. The average molecular weight is 905 g/mol. The molecule has 0 aromatic heterocycles. The number of carbonyl (C=O) groups excluding carboxylic acids is 5. The van der Waals surface area contributed by atoms with Gasteiger partial charge in [-0.25, -0.2) is 0 Å². The van der Waals surface area contributed by atoms with Crippen LogP contribution in [-0.2, 0) is 9.59 Å². The summed E-state index contributed by atoms with van der Waals surface area (Å²) in [7, 11) is 0. The molecule has 334 valence electrons. The molecule has 21 nitrogen and oxygen atoms in total. The Morgan fingerprint density at radius 1 is 0.455 bits per heavy atom. The van der Waals surface area contributed by atoms with Crippen LogP contribution in [0, 0.1) is 0 Å². The number of allylic oxidation sites excluding steroid dienone is 1. The second-order valence-corrected chi connectivity index (χ2v) is 16.4. The molecular formula is C45H28O21. The highest BCUT2D eigenvalue weighted by molar-refractivity contribution is 6.45. The summed E-state index contributed by atoms with van der Waals surface area (Å²) in [5.74, 6) is -17.4. The highest BCUT2D eigenvalue weighted by Gasteiger charge is 2.63. The van der Waals surface area contributed by atoms with Gasteiger partial charge in [-0.1, -0.05) is 0 Å². The molecular weight excluding hydrogens is 876 g/mol. The van der Waals surface area contributed by atoms with Crippen molar-refractivity contribution in [1.82, 2.24) is 0 Å². The molecule has 12 N–H and O–H groups in total. The molecule has 5 aromatic rings. The van der Waals surface area contributed by atoms with Crippen molar-refractivity contribution < 1.29 is 104 Å². The van der Waals surface area contributed by atoms with Crippen LogP contribution in [0.15, 0.2) is 48.5 Å². The molecule has 0 radical (unpaired) electrons. The van der Waals surface area contributed by atoms with Crippen LogP contribution >= 0.6 is 0 Å². The van der Waals surface area contributed by atoms with Crippen molar-refractivity contribution in [3.63, 3.8) is 0 Å². The maximum atomic E-state index is 14.4. The van der Waals surface area contributed by atoms with E-state index in [0.717, 1.165) is 36.4 Å². The van der Waals surface area contributed by atoms with Gasteiger partial charge in [0.05, 0.1) is 23.1 Å². The number of phenols is 9. The third-order valence-electron chi connectivity index (χ3n) is 12.7. The monoisotopic (exact) mass is 904 g/mol. The number of aliphatic hydroxyl groups is 3. The lowest BCUT2D eigenvalue weighted by atomic mass is 9.72. The fraction of sp³-hybridized carbons (Fsp3) is 0.178. The summed E-state index contributed by atoms with van der Waals surface area (Å²) in [6.45, 7) is 0. The zero-order valence-electron chi connectivity index (χ0n) is 32.8. The number of Topliss-reactive ketones (excluding diaryl/α,β-unsaturated/α-hetero) is 4. The van der Waals surface area contributed by atoms with Crippen molar-refractivity contribution >= 4 is 34.5 Å². The van der Waals surface area contributed by atoms with Crippen LogP contribution < -0.4 is 18.9 Å². The second-order valence-electron chi connectivity index (χ2n) is 16.4. The molecule has 5 heterocycles. The predicted molar refractivity (Wildman–Crippen MR) is 213 cm³/mol. The maximum Gasteiger partial charge on any atom is 0.222 e. The number of fused-ring (bicyclic) bond motifs is 9. The van der Waals surface area contributed by atoms with Crippen LogP contribution in [0.1, 0.15) is 66.4 Å². The number of hydrogen-bond acceptors (Lipinski definition) is 21. The standard InChI is InChI=1S/C45H28O21/c46-15-1-10-12(3-17(15)48)40-37(61)34(58)32-24(55)8-26-29(43(32)64-40)14-5-19(50)25(56)9-45(14,66-26)44-38(62)35(59)31-23(54)7-21(52)28(42(31)65-44)11-2-16(47)18(49)4-13(11)39-36(60)33(57)30-22(53)6-20(51)27(10)41(30)63-39/h1-8,36-40,44,46-49,51-55,60-62H,9H2. The number of ketones is 5. The fourth-order valence-corrected chi connectivity index (χ4v) is 9.78. The Kier molecular flexibility index (Phi) is 7.95. The van der Waals surface area contributed by atoms with Gasteiger partial charge in [-0.2, -0.15) is 0 Å². The highest BCUT2D eigenvalue weighted by Crippen LogP contribution is 2.62. The summed E-state index contributed by atoms with van der Waals surface area (Å²) >= 11 is 0. The molecule has 0 amide bonds. The molecule has 21 heteroatoms. The molecule has 0 saturated carbocycles. The molecule has 6 aliphatic rings. The van der Waals surface area contributed by atoms with E-state index in [1.54, 1.807) is 0 Å². The minimum Gasteiger partial charge on any atom is -0.507 e. The van der Waals surface area contributed by atoms with E-state index in [1.807, 2.05) is 0 Å². The Morgan fingerprint density at radius 3 is 1.36 bits per heavy atom. The van der Waals surface area contributed by atoms with Gasteiger partial charge >= 0.3 is 0 Å². The molecule has 8 bridgehead atoms. The zero-order valence-corrected chi connectivity index (χ0v) is 32.8. The maximum absolute atomic E-state index is 14.4. The third kappa shape index (κ3) is 5.00. The average Bonchev–Trinajstić information content (AvgIpc) is 3.56. The lowest BCUT2D eigenvalue weighted by Gasteiger charge is -2.43. The Labute approximate surface area is 365 Å². The van der Waals surface area contributed by atoms with Crippen LogP contribution in [-0.4, -0.2) is 120 Å². The topological polar surface area (TPSA) is 365 Å². The smallest absolute Gasteiger partial charge is 0.222 e. The fourth-order valence-electron chi connectivity index (χ4n) is 9.78. The summed E-state index contributed by atoms with van der Waals surface area (Å²) in [4.78, 5) is 69.8. The minimum absolute atomic E-state index is 0.367. The minimum atomic E-state index is -2.50. The highest BCUT2D eigenvalue weighted by atomic mass is 16.6. The van der Waals surface area contributed by atoms with Crippen molar-refractivity contribution in [2.75, 3.05) is 0 Å². The summed E-state index contributed by atoms with van der Waals surface area (Å²) in [5, 5.41) is 136. The number of phenolic OH excluding ortho intramolecular Hbond substituents is 9. The van der Waals surface area contributed by atoms with Crippen LogP contribution in [0.4, 0.5) is 0 Å². The lowest BCUT2D eigenvalue weighted by Crippen LogP contribution is -2.61. The molecule has 0 fully saturated rings. The summed E-state index contributed by atoms with van der Waals surface area (Å²) in [6.07, 6.45) is -13.8. The van der Waals surface area contributed by atoms with E-state index in [1.165, 1.54) is 0 Å². The number of benzene rings is 5. The molecule has 1 aliphatic carbocycles. The quantitative estimate of drug-likeness (QED) is 0.0782. The Balaban J connectivity index is 1.30. The van der Waals surface area contributed by atoms with Crippen molar-refractivity contribution in [3.8, 4) is 97.0 Å². The first kappa shape index (κ1) is 40.3. The van der Waals surface area contributed by atoms with Crippen molar-refractivity contribution in [2.45, 2.75) is 48.6 Å². The van der Waals surface area contributed by atoms with Crippen molar-refractivity contribution in [1.29, 1.82) is 0 Å². The molecule has 0 spiro atoms. The first-order valence-corrected chi connectivity index (χ1v) is 19.6. The molecule has 0 saturated heterocycles. The van der Waals surface area contributed by atoms with E-state index in [0.29, 0.717) is 12.1 Å². The van der Waals surface area contributed by atoms with Crippen LogP contribution in [0.25, 0.3) is 27.8 Å². The molecule has 11 rings (SSSR count). The SMILES string of the molecule is O=C1C=C2c3c4cc(O)c5c3OC(c3cc(O)c(O)cc3-c3c(O)cc(O)c6c3OC(c3cc(O)c(O)cc3-c3c(O)cc(O)c7c3OC(C(O)C7=O)C2(CC1=O)O4)C(O)C6=O)C(O)C5=O. The first-order valence-electron chi connectivity index (χ1n) is 19.6. The molecule has 7 unspecified atom stereocenters. The number of aliphatic hydroxyl groups excluding tert-OH is 3. The number of rotatable bonds is 0. The number of aromatic hydroxyl groups is 9. The van der Waals surface area contributed by atoms with Gasteiger partial charge < -0.3 is 80.2 Å². The normalized spacial score (nSPS) is 25.3. The number of hydrogen-bond donors (Lipinski definition) is 12. The molecule has 5 aliphatic heterocycles. The Bertz CT molecular complexity index is 3260. The molecule has 5 aromatic carbocycles.